The molecule has 92 valence electrons. The SMILES string of the molecule is O=CN1CCN(CCc2cccc(F)c2)CC1. The van der Waals surface area contributed by atoms with Crippen LogP contribution >= 0.6 is 0 Å². The molecule has 1 aromatic carbocycles. The first-order chi connectivity index (χ1) is 8.28. The Morgan fingerprint density at radius 1 is 1.24 bits per heavy atom. The van der Waals surface area contributed by atoms with Gasteiger partial charge in [0.25, 0.3) is 0 Å². The third kappa shape index (κ3) is 3.53. The maximum Gasteiger partial charge on any atom is 0.209 e. The molecule has 4 heteroatoms. The minimum Gasteiger partial charge on any atom is -0.343 e. The predicted molar refractivity (Wildman–Crippen MR) is 64.2 cm³/mol. The lowest BCUT2D eigenvalue weighted by Gasteiger charge is -2.32. The number of carbonyl (C=O) groups is 1. The highest BCUT2D eigenvalue weighted by atomic mass is 19.1. The molecule has 17 heavy (non-hydrogen) atoms. The van der Waals surface area contributed by atoms with E-state index < -0.39 is 0 Å². The van der Waals surface area contributed by atoms with Crippen LogP contribution in [0.3, 0.4) is 0 Å². The fraction of sp³-hybridized carbons (Fsp3) is 0.462. The van der Waals surface area contributed by atoms with E-state index in [2.05, 4.69) is 4.90 Å². The average molecular weight is 236 g/mol. The van der Waals surface area contributed by atoms with Gasteiger partial charge in [-0.25, -0.2) is 4.39 Å². The van der Waals surface area contributed by atoms with Crippen molar-refractivity contribution in [3.63, 3.8) is 0 Å². The smallest absolute Gasteiger partial charge is 0.209 e. The number of hydrogen-bond donors (Lipinski definition) is 0. The number of amides is 1. The number of nitrogens with zero attached hydrogens (tertiary/aromatic N) is 2. The average Bonchev–Trinajstić information content (AvgIpc) is 2.37. The van der Waals surface area contributed by atoms with E-state index in [1.807, 2.05) is 6.07 Å². The van der Waals surface area contributed by atoms with Crippen LogP contribution in [0.5, 0.6) is 0 Å². The summed E-state index contributed by atoms with van der Waals surface area (Å²) < 4.78 is 13.0. The van der Waals surface area contributed by atoms with E-state index in [9.17, 15) is 9.18 Å². The fourth-order valence-electron chi connectivity index (χ4n) is 2.07. The second-order valence-electron chi connectivity index (χ2n) is 4.36. The third-order valence-corrected chi connectivity index (χ3v) is 3.16. The molecule has 0 aromatic heterocycles. The Bertz CT molecular complexity index is 375. The van der Waals surface area contributed by atoms with Crippen LogP contribution in [-0.2, 0) is 11.2 Å². The number of benzene rings is 1. The van der Waals surface area contributed by atoms with Crippen LogP contribution in [-0.4, -0.2) is 48.9 Å². The molecule has 0 saturated carbocycles. The Kier molecular flexibility index (Phi) is 4.09. The van der Waals surface area contributed by atoms with E-state index in [1.165, 1.54) is 6.07 Å². The van der Waals surface area contributed by atoms with Crippen molar-refractivity contribution in [2.75, 3.05) is 32.7 Å². The van der Waals surface area contributed by atoms with Crippen LogP contribution in [0.15, 0.2) is 24.3 Å². The third-order valence-electron chi connectivity index (χ3n) is 3.16. The molecular formula is C13H17FN2O. The van der Waals surface area contributed by atoms with Gasteiger partial charge in [0, 0.05) is 32.7 Å². The summed E-state index contributed by atoms with van der Waals surface area (Å²) in [5.41, 5.74) is 1.03. The molecule has 0 aliphatic carbocycles. The van der Waals surface area contributed by atoms with E-state index in [1.54, 1.807) is 17.0 Å². The maximum absolute atomic E-state index is 13.0. The first-order valence-corrected chi connectivity index (χ1v) is 5.94. The van der Waals surface area contributed by atoms with Gasteiger partial charge in [0.1, 0.15) is 5.82 Å². The van der Waals surface area contributed by atoms with Gasteiger partial charge in [-0.3, -0.25) is 9.69 Å². The van der Waals surface area contributed by atoms with E-state index in [0.29, 0.717) is 0 Å². The normalized spacial score (nSPS) is 17.1. The Balaban J connectivity index is 1.77. The summed E-state index contributed by atoms with van der Waals surface area (Å²) in [5, 5.41) is 0. The van der Waals surface area contributed by atoms with Gasteiger partial charge in [-0.2, -0.15) is 0 Å². The highest BCUT2D eigenvalue weighted by Gasteiger charge is 2.14. The second-order valence-corrected chi connectivity index (χ2v) is 4.36. The molecule has 1 fully saturated rings. The molecule has 0 spiro atoms. The van der Waals surface area contributed by atoms with Crippen molar-refractivity contribution < 1.29 is 9.18 Å². The van der Waals surface area contributed by atoms with Gasteiger partial charge >= 0.3 is 0 Å². The zero-order chi connectivity index (χ0) is 12.1. The number of piperazine rings is 1. The number of carbonyl (C=O) groups excluding carboxylic acids is 1. The van der Waals surface area contributed by atoms with Gasteiger partial charge in [0.15, 0.2) is 0 Å². The van der Waals surface area contributed by atoms with E-state index in [-0.39, 0.29) is 5.82 Å². The largest absolute Gasteiger partial charge is 0.343 e. The molecule has 0 bridgehead atoms. The van der Waals surface area contributed by atoms with Crippen molar-refractivity contribution in [1.29, 1.82) is 0 Å². The summed E-state index contributed by atoms with van der Waals surface area (Å²) in [6.45, 7) is 4.34. The van der Waals surface area contributed by atoms with Crippen molar-refractivity contribution in [2.24, 2.45) is 0 Å². The van der Waals surface area contributed by atoms with Crippen LogP contribution in [0.1, 0.15) is 5.56 Å². The first kappa shape index (κ1) is 12.0. The van der Waals surface area contributed by atoms with Crippen LogP contribution in [0.25, 0.3) is 0 Å². The summed E-state index contributed by atoms with van der Waals surface area (Å²) >= 11 is 0. The van der Waals surface area contributed by atoms with E-state index in [0.717, 1.165) is 51.1 Å². The van der Waals surface area contributed by atoms with Crippen LogP contribution in [0.2, 0.25) is 0 Å². The van der Waals surface area contributed by atoms with Crippen LogP contribution in [0.4, 0.5) is 4.39 Å². The molecule has 0 radical (unpaired) electrons. The molecule has 1 aliphatic rings. The quantitative estimate of drug-likeness (QED) is 0.732. The van der Waals surface area contributed by atoms with E-state index in [4.69, 9.17) is 0 Å². The molecule has 1 aliphatic heterocycles. The Hall–Kier alpha value is -1.42. The Morgan fingerprint density at radius 2 is 2.00 bits per heavy atom. The lowest BCUT2D eigenvalue weighted by atomic mass is 10.1. The van der Waals surface area contributed by atoms with Gasteiger partial charge in [-0.05, 0) is 24.1 Å². The Morgan fingerprint density at radius 3 is 2.65 bits per heavy atom. The summed E-state index contributed by atoms with van der Waals surface area (Å²) in [5.74, 6) is -0.173. The number of rotatable bonds is 4. The topological polar surface area (TPSA) is 23.6 Å². The molecule has 0 N–H and O–H groups in total. The summed E-state index contributed by atoms with van der Waals surface area (Å²) in [6.07, 6.45) is 1.77. The standard InChI is InChI=1S/C13H17FN2O/c14-13-3-1-2-12(10-13)4-5-15-6-8-16(11-17)9-7-15/h1-3,10-11H,4-9H2. The molecule has 1 aromatic rings. The van der Waals surface area contributed by atoms with E-state index >= 15 is 0 Å². The lowest BCUT2D eigenvalue weighted by molar-refractivity contribution is -0.119. The van der Waals surface area contributed by atoms with Crippen molar-refractivity contribution in [3.05, 3.63) is 35.6 Å². The van der Waals surface area contributed by atoms with Gasteiger partial charge in [-0.1, -0.05) is 12.1 Å². The first-order valence-electron chi connectivity index (χ1n) is 5.94. The summed E-state index contributed by atoms with van der Waals surface area (Å²) in [7, 11) is 0. The van der Waals surface area contributed by atoms with Gasteiger partial charge < -0.3 is 4.90 Å². The zero-order valence-electron chi connectivity index (χ0n) is 9.81. The Labute approximate surface area is 101 Å². The van der Waals surface area contributed by atoms with Crippen LogP contribution in [0, 0.1) is 5.82 Å². The minimum absolute atomic E-state index is 0.173. The second kappa shape index (κ2) is 5.77. The minimum atomic E-state index is -0.173. The molecule has 2 rings (SSSR count). The van der Waals surface area contributed by atoms with Crippen LogP contribution < -0.4 is 0 Å². The molecule has 3 nitrogen and oxygen atoms in total. The molecule has 1 saturated heterocycles. The molecule has 0 unspecified atom stereocenters. The predicted octanol–water partition coefficient (Wildman–Crippen LogP) is 1.14. The van der Waals surface area contributed by atoms with Gasteiger partial charge in [0.2, 0.25) is 6.41 Å². The molecule has 0 atom stereocenters. The number of halogens is 1. The highest BCUT2D eigenvalue weighted by molar-refractivity contribution is 5.47. The molecule has 1 amide bonds. The molecular weight excluding hydrogens is 219 g/mol. The monoisotopic (exact) mass is 236 g/mol. The van der Waals surface area contributed by atoms with Crippen molar-refractivity contribution in [1.82, 2.24) is 9.80 Å². The van der Waals surface area contributed by atoms with Crippen molar-refractivity contribution >= 4 is 6.41 Å². The zero-order valence-corrected chi connectivity index (χ0v) is 9.81. The number of hydrogen-bond acceptors (Lipinski definition) is 2. The maximum atomic E-state index is 13.0. The highest BCUT2D eigenvalue weighted by Crippen LogP contribution is 2.06. The lowest BCUT2D eigenvalue weighted by Crippen LogP contribution is -2.46. The van der Waals surface area contributed by atoms with Gasteiger partial charge in [-0.15, -0.1) is 0 Å². The summed E-state index contributed by atoms with van der Waals surface area (Å²) in [6, 6.07) is 6.74. The van der Waals surface area contributed by atoms with Gasteiger partial charge in [0.05, 0.1) is 0 Å². The molecule has 1 heterocycles. The fourth-order valence-corrected chi connectivity index (χ4v) is 2.07. The van der Waals surface area contributed by atoms with Crippen molar-refractivity contribution in [2.45, 2.75) is 6.42 Å². The van der Waals surface area contributed by atoms with Crippen molar-refractivity contribution in [3.8, 4) is 0 Å². The summed E-state index contributed by atoms with van der Waals surface area (Å²) in [4.78, 5) is 14.6.